The van der Waals surface area contributed by atoms with E-state index in [2.05, 4.69) is 22.6 Å². The van der Waals surface area contributed by atoms with E-state index in [4.69, 9.17) is 9.72 Å². The Morgan fingerprint density at radius 1 is 1.16 bits per heavy atom. The molecule has 1 amide bonds. The van der Waals surface area contributed by atoms with Crippen molar-refractivity contribution in [3.8, 4) is 0 Å². The van der Waals surface area contributed by atoms with E-state index in [9.17, 15) is 4.79 Å². The van der Waals surface area contributed by atoms with Gasteiger partial charge < -0.3 is 9.14 Å². The van der Waals surface area contributed by atoms with E-state index in [0.717, 1.165) is 33.8 Å². The van der Waals surface area contributed by atoms with E-state index in [0.29, 0.717) is 0 Å². The van der Waals surface area contributed by atoms with Crippen molar-refractivity contribution in [2.75, 3.05) is 4.90 Å². The molecule has 2 aromatic heterocycles. The van der Waals surface area contributed by atoms with Crippen LogP contribution in [0.3, 0.4) is 0 Å². The number of carbonyl (C=O) groups excluding carboxylic acids is 1. The fourth-order valence-electron chi connectivity index (χ4n) is 4.06. The summed E-state index contributed by atoms with van der Waals surface area (Å²) in [7, 11) is 0. The van der Waals surface area contributed by atoms with Gasteiger partial charge >= 0.3 is 0 Å². The summed E-state index contributed by atoms with van der Waals surface area (Å²) in [6.07, 6.45) is 2.08. The Morgan fingerprint density at radius 2 is 1.92 bits per heavy atom. The van der Waals surface area contributed by atoms with Crippen LogP contribution in [0.2, 0.25) is 0 Å². The van der Waals surface area contributed by atoms with E-state index in [1.165, 1.54) is 0 Å². The molecule has 0 spiro atoms. The van der Waals surface area contributed by atoms with Gasteiger partial charge in [-0.2, -0.15) is 0 Å². The number of carbonyl (C=O) groups is 1. The molecule has 0 radical (unpaired) electrons. The molecule has 3 aromatic rings. The van der Waals surface area contributed by atoms with Gasteiger partial charge in [0.25, 0.3) is 0 Å². The Balaban J connectivity index is 1.80. The largest absolute Gasteiger partial charge is 0.362 e. The number of pyridine rings is 1. The molecule has 0 N–H and O–H groups in total. The van der Waals surface area contributed by atoms with Gasteiger partial charge in [0.15, 0.2) is 5.65 Å². The van der Waals surface area contributed by atoms with E-state index in [1.807, 2.05) is 43.1 Å². The van der Waals surface area contributed by atoms with Crippen molar-refractivity contribution in [2.24, 2.45) is 0 Å². The van der Waals surface area contributed by atoms with Crippen LogP contribution in [0.25, 0.3) is 5.65 Å². The van der Waals surface area contributed by atoms with Crippen LogP contribution in [0.4, 0.5) is 5.69 Å². The number of nitrogens with zero attached hydrogens (tertiary/aromatic N) is 3. The summed E-state index contributed by atoms with van der Waals surface area (Å²) >= 11 is 0. The molecular formula is C20H19N3O2. The zero-order valence-corrected chi connectivity index (χ0v) is 14.4. The number of hydrogen-bond donors (Lipinski definition) is 0. The van der Waals surface area contributed by atoms with Crippen LogP contribution in [0.1, 0.15) is 41.6 Å². The molecular weight excluding hydrogens is 314 g/mol. The smallest absolute Gasteiger partial charge is 0.224 e. The maximum atomic E-state index is 12.7. The summed E-state index contributed by atoms with van der Waals surface area (Å²) in [6.45, 7) is 5.67. The van der Waals surface area contributed by atoms with Crippen LogP contribution < -0.4 is 4.90 Å². The summed E-state index contributed by atoms with van der Waals surface area (Å²) in [5, 5.41) is 0. The monoisotopic (exact) mass is 333 g/mol. The highest BCUT2D eigenvalue weighted by Crippen LogP contribution is 2.57. The minimum atomic E-state index is -0.111. The number of fused-ring (bicyclic) bond motifs is 5. The SMILES string of the molecule is CC(=O)N1c2c(ccn3c(C)c(C)nc23)[C@@H]2O[C@@H]2[C@H]1c1ccccc1. The van der Waals surface area contributed by atoms with Gasteiger partial charge in [0, 0.05) is 24.4 Å². The van der Waals surface area contributed by atoms with Crippen LogP contribution in [-0.2, 0) is 9.53 Å². The normalized spacial score (nSPS) is 24.1. The quantitative estimate of drug-likeness (QED) is 0.641. The number of hydrogen-bond acceptors (Lipinski definition) is 3. The average molecular weight is 333 g/mol. The van der Waals surface area contributed by atoms with Gasteiger partial charge in [-0.3, -0.25) is 9.69 Å². The number of epoxide rings is 1. The lowest BCUT2D eigenvalue weighted by Gasteiger charge is -2.34. The van der Waals surface area contributed by atoms with Gasteiger partial charge in [-0.05, 0) is 25.5 Å². The second kappa shape index (κ2) is 4.92. The zero-order valence-electron chi connectivity index (χ0n) is 14.4. The van der Waals surface area contributed by atoms with Crippen LogP contribution in [0.5, 0.6) is 0 Å². The molecule has 0 bridgehead atoms. The number of benzene rings is 1. The van der Waals surface area contributed by atoms with Crippen LogP contribution >= 0.6 is 0 Å². The van der Waals surface area contributed by atoms with Crippen LogP contribution in [0.15, 0.2) is 42.6 Å². The fraction of sp³-hybridized carbons (Fsp3) is 0.300. The van der Waals surface area contributed by atoms with Gasteiger partial charge in [-0.25, -0.2) is 4.98 Å². The first-order valence-electron chi connectivity index (χ1n) is 8.56. The van der Waals surface area contributed by atoms with Gasteiger partial charge in [-0.1, -0.05) is 30.3 Å². The number of aromatic nitrogens is 2. The topological polar surface area (TPSA) is 50.1 Å². The van der Waals surface area contributed by atoms with E-state index in [-0.39, 0.29) is 24.2 Å². The number of anilines is 1. The van der Waals surface area contributed by atoms with Gasteiger partial charge in [-0.15, -0.1) is 0 Å². The Kier molecular flexibility index (Phi) is 2.89. The predicted octanol–water partition coefficient (Wildman–Crippen LogP) is 3.50. The van der Waals surface area contributed by atoms with Crippen LogP contribution in [0, 0.1) is 13.8 Å². The summed E-state index contributed by atoms with van der Waals surface area (Å²) in [4.78, 5) is 19.3. The molecule has 126 valence electrons. The molecule has 25 heavy (non-hydrogen) atoms. The molecule has 1 aromatic carbocycles. The molecule has 1 fully saturated rings. The molecule has 0 unspecified atom stereocenters. The van der Waals surface area contributed by atoms with Crippen molar-refractivity contribution in [3.05, 3.63) is 65.1 Å². The molecule has 2 aliphatic heterocycles. The van der Waals surface area contributed by atoms with Gasteiger partial charge in [0.05, 0.1) is 17.4 Å². The number of amides is 1. The van der Waals surface area contributed by atoms with E-state index in [1.54, 1.807) is 6.92 Å². The van der Waals surface area contributed by atoms with Crippen molar-refractivity contribution in [1.29, 1.82) is 0 Å². The molecule has 3 atom stereocenters. The summed E-state index contributed by atoms with van der Waals surface area (Å²) in [5.41, 5.74) is 5.95. The first-order chi connectivity index (χ1) is 12.1. The minimum absolute atomic E-state index is 0.00968. The molecule has 4 heterocycles. The highest BCUT2D eigenvalue weighted by atomic mass is 16.6. The second-order valence-corrected chi connectivity index (χ2v) is 6.86. The van der Waals surface area contributed by atoms with Gasteiger partial charge in [0.2, 0.25) is 5.91 Å². The Hall–Kier alpha value is -2.66. The Morgan fingerprint density at radius 3 is 2.64 bits per heavy atom. The fourth-order valence-corrected chi connectivity index (χ4v) is 4.06. The van der Waals surface area contributed by atoms with Crippen molar-refractivity contribution >= 4 is 17.2 Å². The zero-order chi connectivity index (χ0) is 17.3. The third-order valence-corrected chi connectivity index (χ3v) is 5.42. The number of rotatable bonds is 1. The summed E-state index contributed by atoms with van der Waals surface area (Å²) < 4.78 is 8.07. The van der Waals surface area contributed by atoms with E-state index >= 15 is 0 Å². The standard InChI is InChI=1S/C20H19N3O2/c1-11-12(2)22-10-9-15-17(20(22)21-11)23(13(3)24)16(19-18(15)25-19)14-7-5-4-6-8-14/h4-10,16,18-19H,1-3H3/t16-,18+,19-/m1/s1. The molecule has 2 aliphatic rings. The highest BCUT2D eigenvalue weighted by molar-refractivity contribution is 5.98. The van der Waals surface area contributed by atoms with Crippen molar-refractivity contribution in [3.63, 3.8) is 0 Å². The second-order valence-electron chi connectivity index (χ2n) is 6.86. The van der Waals surface area contributed by atoms with Crippen molar-refractivity contribution < 1.29 is 9.53 Å². The number of aryl methyl sites for hydroxylation is 2. The maximum Gasteiger partial charge on any atom is 0.224 e. The van der Waals surface area contributed by atoms with Gasteiger partial charge in [0.1, 0.15) is 12.2 Å². The van der Waals surface area contributed by atoms with E-state index < -0.39 is 0 Å². The third-order valence-electron chi connectivity index (χ3n) is 5.42. The van der Waals surface area contributed by atoms with Crippen molar-refractivity contribution in [1.82, 2.24) is 9.38 Å². The average Bonchev–Trinajstić information content (AvgIpc) is 3.35. The molecule has 5 heteroatoms. The number of imidazole rings is 1. The first-order valence-corrected chi connectivity index (χ1v) is 8.56. The summed E-state index contributed by atoms with van der Waals surface area (Å²) in [6, 6.07) is 12.1. The highest BCUT2D eigenvalue weighted by Gasteiger charge is 2.55. The lowest BCUT2D eigenvalue weighted by Crippen LogP contribution is -2.39. The molecule has 0 aliphatic carbocycles. The Labute approximate surface area is 145 Å². The molecule has 0 saturated carbocycles. The third kappa shape index (κ3) is 1.93. The minimum Gasteiger partial charge on any atom is -0.362 e. The maximum absolute atomic E-state index is 12.7. The molecule has 5 nitrogen and oxygen atoms in total. The predicted molar refractivity (Wildman–Crippen MR) is 94.6 cm³/mol. The Bertz CT molecular complexity index is 1010. The first kappa shape index (κ1) is 14.7. The lowest BCUT2D eigenvalue weighted by atomic mass is 9.91. The van der Waals surface area contributed by atoms with Crippen molar-refractivity contribution in [2.45, 2.75) is 39.0 Å². The molecule has 5 rings (SSSR count). The van der Waals surface area contributed by atoms with Crippen LogP contribution in [-0.4, -0.2) is 21.4 Å². The molecule has 1 saturated heterocycles. The lowest BCUT2D eigenvalue weighted by molar-refractivity contribution is -0.117. The number of ether oxygens (including phenoxy) is 1. The summed E-state index contributed by atoms with van der Waals surface area (Å²) in [5.74, 6) is 0.00968.